The number of likely N-dealkylation sites (tertiary alicyclic amines) is 1. The molecule has 1 aliphatic heterocycles. The average molecular weight is 340 g/mol. The number of likely N-dealkylation sites (N-methyl/N-ethyl adjacent to an activating group) is 1. The van der Waals surface area contributed by atoms with Gasteiger partial charge in [0.2, 0.25) is 0 Å². The molecule has 0 spiro atoms. The monoisotopic (exact) mass is 340 g/mol. The Morgan fingerprint density at radius 2 is 1.91 bits per heavy atom. The molecule has 0 radical (unpaired) electrons. The van der Waals surface area contributed by atoms with Gasteiger partial charge >= 0.3 is 0 Å². The maximum Gasteiger partial charge on any atom is 0.175 e. The molecule has 130 valence electrons. The third-order valence-electron chi connectivity index (χ3n) is 4.65. The largest absolute Gasteiger partial charge is 0.384 e. The summed E-state index contributed by atoms with van der Waals surface area (Å²) in [4.78, 5) is 4.81. The van der Waals surface area contributed by atoms with Crippen molar-refractivity contribution in [3.8, 4) is 0 Å². The van der Waals surface area contributed by atoms with E-state index in [2.05, 4.69) is 23.9 Å². The van der Waals surface area contributed by atoms with Gasteiger partial charge in [-0.15, -0.1) is 0 Å². The first kappa shape index (κ1) is 18.4. The van der Waals surface area contributed by atoms with Crippen molar-refractivity contribution in [1.29, 1.82) is 0 Å². The fourth-order valence-corrected chi connectivity index (χ4v) is 3.81. The van der Waals surface area contributed by atoms with Crippen LogP contribution in [0, 0.1) is 0 Å². The molecular weight excluding hydrogens is 312 g/mol. The molecule has 2 rings (SSSR count). The second-order valence-corrected chi connectivity index (χ2v) is 9.08. The van der Waals surface area contributed by atoms with Gasteiger partial charge in [-0.3, -0.25) is 4.90 Å². The molecule has 1 aromatic rings. The van der Waals surface area contributed by atoms with E-state index in [0.29, 0.717) is 12.6 Å². The number of benzene rings is 1. The Hall–Kier alpha value is -0.950. The fourth-order valence-electron chi connectivity index (χ4n) is 3.18. The van der Waals surface area contributed by atoms with Gasteiger partial charge in [0, 0.05) is 25.4 Å². The maximum absolute atomic E-state index is 11.5. The van der Waals surface area contributed by atoms with Crippen LogP contribution in [0.3, 0.4) is 0 Å². The summed E-state index contributed by atoms with van der Waals surface area (Å²) in [6.45, 7) is 4.28. The molecule has 1 saturated heterocycles. The zero-order valence-electron chi connectivity index (χ0n) is 14.5. The summed E-state index contributed by atoms with van der Waals surface area (Å²) in [5.41, 5.74) is -0.249. The lowest BCUT2D eigenvalue weighted by molar-refractivity contribution is -0.000181. The predicted octanol–water partition coefficient (Wildman–Crippen LogP) is 1.32. The summed E-state index contributed by atoms with van der Waals surface area (Å²) in [7, 11) is 0.980. The van der Waals surface area contributed by atoms with Gasteiger partial charge in [-0.25, -0.2) is 8.42 Å². The van der Waals surface area contributed by atoms with Crippen LogP contribution in [0.15, 0.2) is 29.2 Å². The van der Waals surface area contributed by atoms with Gasteiger partial charge in [0.25, 0.3) is 0 Å². The van der Waals surface area contributed by atoms with Gasteiger partial charge in [-0.1, -0.05) is 12.1 Å². The molecule has 5 nitrogen and oxygen atoms in total. The lowest BCUT2D eigenvalue weighted by atomic mass is 9.94. The summed E-state index contributed by atoms with van der Waals surface area (Å²) in [6, 6.07) is 7.08. The third kappa shape index (κ3) is 4.76. The van der Waals surface area contributed by atoms with Crippen molar-refractivity contribution in [2.75, 3.05) is 40.0 Å². The van der Waals surface area contributed by atoms with Crippen LogP contribution in [-0.2, 0) is 15.4 Å². The molecule has 0 bridgehead atoms. The maximum atomic E-state index is 11.5. The van der Waals surface area contributed by atoms with E-state index in [1.165, 1.54) is 12.7 Å². The van der Waals surface area contributed by atoms with Crippen LogP contribution in [0.4, 0.5) is 0 Å². The Kier molecular flexibility index (Phi) is 5.51. The SMILES string of the molecule is CN(C)[C@@H]1CCCN(C[C@@](C)(O)c2ccc(S(C)(=O)=O)cc2)C1. The molecule has 0 aliphatic carbocycles. The summed E-state index contributed by atoms with van der Waals surface area (Å²) in [5, 5.41) is 10.9. The van der Waals surface area contributed by atoms with Gasteiger partial charge in [-0.05, 0) is 58.1 Å². The topological polar surface area (TPSA) is 60.9 Å². The molecule has 2 atom stereocenters. The Bertz CT molecular complexity index is 624. The minimum Gasteiger partial charge on any atom is -0.384 e. The van der Waals surface area contributed by atoms with Crippen LogP contribution in [0.5, 0.6) is 0 Å². The van der Waals surface area contributed by atoms with Crippen molar-refractivity contribution in [2.24, 2.45) is 0 Å². The number of rotatable bonds is 5. The van der Waals surface area contributed by atoms with E-state index in [1.54, 1.807) is 31.2 Å². The molecule has 1 aromatic carbocycles. The van der Waals surface area contributed by atoms with E-state index in [1.807, 2.05) is 0 Å². The molecule has 0 unspecified atom stereocenters. The van der Waals surface area contributed by atoms with E-state index in [-0.39, 0.29) is 4.90 Å². The van der Waals surface area contributed by atoms with Crippen LogP contribution < -0.4 is 0 Å². The summed E-state index contributed by atoms with van der Waals surface area (Å²) < 4.78 is 23.1. The van der Waals surface area contributed by atoms with Crippen LogP contribution in [0.1, 0.15) is 25.3 Å². The van der Waals surface area contributed by atoms with Gasteiger partial charge in [0.1, 0.15) is 0 Å². The van der Waals surface area contributed by atoms with Crippen LogP contribution in [-0.4, -0.2) is 69.4 Å². The van der Waals surface area contributed by atoms with Gasteiger partial charge in [0.05, 0.1) is 10.5 Å². The smallest absolute Gasteiger partial charge is 0.175 e. The molecular formula is C17H28N2O3S. The fraction of sp³-hybridized carbons (Fsp3) is 0.647. The predicted molar refractivity (Wildman–Crippen MR) is 92.3 cm³/mol. The number of hydrogen-bond donors (Lipinski definition) is 1. The Labute approximate surface area is 139 Å². The molecule has 23 heavy (non-hydrogen) atoms. The minimum absolute atomic E-state index is 0.280. The Morgan fingerprint density at radius 1 is 1.30 bits per heavy atom. The van der Waals surface area contributed by atoms with Crippen molar-refractivity contribution in [3.05, 3.63) is 29.8 Å². The molecule has 0 aromatic heterocycles. The number of nitrogens with zero attached hydrogens (tertiary/aromatic N) is 2. The quantitative estimate of drug-likeness (QED) is 0.876. The second-order valence-electron chi connectivity index (χ2n) is 7.07. The van der Waals surface area contributed by atoms with Crippen molar-refractivity contribution < 1.29 is 13.5 Å². The van der Waals surface area contributed by atoms with Gasteiger partial charge in [-0.2, -0.15) is 0 Å². The zero-order chi connectivity index (χ0) is 17.3. The Morgan fingerprint density at radius 3 is 2.43 bits per heavy atom. The first-order valence-electron chi connectivity index (χ1n) is 8.01. The van der Waals surface area contributed by atoms with E-state index in [9.17, 15) is 13.5 Å². The van der Waals surface area contributed by atoms with Crippen molar-refractivity contribution >= 4 is 9.84 Å². The number of β-amino-alcohol motifs (C(OH)–C–C–N with tert-alkyl or cyclic N) is 1. The molecule has 1 fully saturated rings. The van der Waals surface area contributed by atoms with E-state index >= 15 is 0 Å². The molecule has 0 amide bonds. The lowest BCUT2D eigenvalue weighted by Gasteiger charge is -2.39. The van der Waals surface area contributed by atoms with Crippen molar-refractivity contribution in [2.45, 2.75) is 36.3 Å². The van der Waals surface area contributed by atoms with Crippen molar-refractivity contribution in [3.63, 3.8) is 0 Å². The minimum atomic E-state index is -3.21. The third-order valence-corrected chi connectivity index (χ3v) is 5.78. The number of piperidine rings is 1. The van der Waals surface area contributed by atoms with Gasteiger partial charge in [0.15, 0.2) is 9.84 Å². The normalized spacial score (nSPS) is 23.0. The van der Waals surface area contributed by atoms with Crippen LogP contribution in [0.25, 0.3) is 0 Å². The zero-order valence-corrected chi connectivity index (χ0v) is 15.3. The van der Waals surface area contributed by atoms with E-state index in [0.717, 1.165) is 25.1 Å². The Balaban J connectivity index is 2.09. The summed E-state index contributed by atoms with van der Waals surface area (Å²) in [5.74, 6) is 0. The average Bonchev–Trinajstić information content (AvgIpc) is 2.46. The number of sulfone groups is 1. The molecule has 1 N–H and O–H groups in total. The molecule has 6 heteroatoms. The lowest BCUT2D eigenvalue weighted by Crippen LogP contribution is -2.49. The highest BCUT2D eigenvalue weighted by Gasteiger charge is 2.30. The standard InChI is InChI=1S/C17H28N2O3S/c1-17(20,13-19-11-5-6-15(12-19)18(2)3)14-7-9-16(10-8-14)23(4,21)22/h7-10,15,20H,5-6,11-13H2,1-4H3/t15-,17-/m1/s1. The van der Waals surface area contributed by atoms with E-state index < -0.39 is 15.4 Å². The number of aliphatic hydroxyl groups is 1. The highest BCUT2D eigenvalue weighted by molar-refractivity contribution is 7.90. The van der Waals surface area contributed by atoms with Gasteiger partial charge < -0.3 is 10.0 Å². The first-order chi connectivity index (χ1) is 10.6. The summed E-state index contributed by atoms with van der Waals surface area (Å²) >= 11 is 0. The second kappa shape index (κ2) is 6.89. The number of hydrogen-bond acceptors (Lipinski definition) is 5. The highest BCUT2D eigenvalue weighted by atomic mass is 32.2. The van der Waals surface area contributed by atoms with Crippen LogP contribution >= 0.6 is 0 Å². The highest BCUT2D eigenvalue weighted by Crippen LogP contribution is 2.25. The van der Waals surface area contributed by atoms with Crippen LogP contribution in [0.2, 0.25) is 0 Å². The molecule has 0 saturated carbocycles. The molecule has 1 heterocycles. The van der Waals surface area contributed by atoms with E-state index in [4.69, 9.17) is 0 Å². The summed E-state index contributed by atoms with van der Waals surface area (Å²) in [6.07, 6.45) is 3.51. The first-order valence-corrected chi connectivity index (χ1v) is 9.90. The molecule has 1 aliphatic rings. The van der Waals surface area contributed by atoms with Crippen molar-refractivity contribution in [1.82, 2.24) is 9.80 Å².